The zero-order chi connectivity index (χ0) is 40.4. The van der Waals surface area contributed by atoms with Gasteiger partial charge < -0.3 is 13.6 Å². The molecule has 0 spiro atoms. The van der Waals surface area contributed by atoms with Crippen molar-refractivity contribution in [2.45, 2.75) is 0 Å². The molecule has 0 bridgehead atoms. The van der Waals surface area contributed by atoms with Gasteiger partial charge in [0.05, 0.1) is 33.0 Å². The Hall–Kier alpha value is -6.98. The highest BCUT2D eigenvalue weighted by Gasteiger charge is 2.18. The zero-order valence-electron chi connectivity index (χ0n) is 34.7. The molecule has 5 heteroatoms. The fraction of sp³-hybridized carbons (Fsp3) is 0. The van der Waals surface area contributed by atoms with E-state index in [2.05, 4.69) is 9.97 Å². The summed E-state index contributed by atoms with van der Waals surface area (Å²) in [6.07, 6.45) is 1.51. The van der Waals surface area contributed by atoms with Crippen molar-refractivity contribution in [2.75, 3.05) is 0 Å². The van der Waals surface area contributed by atoms with Gasteiger partial charge in [0.1, 0.15) is 23.1 Å². The normalized spacial score (nSPS) is 14.1. The number of hydrogen-bond donors (Lipinski definition) is 0. The summed E-state index contributed by atoms with van der Waals surface area (Å²) in [5.74, 6) is 0. The molecule has 0 unspecified atom stereocenters. The lowest BCUT2D eigenvalue weighted by atomic mass is 10.0. The molecule has 0 aliphatic carbocycles. The molecule has 0 amide bonds. The Kier molecular flexibility index (Phi) is 4.47. The summed E-state index contributed by atoms with van der Waals surface area (Å²) in [5, 5.41) is 3.20. The van der Waals surface area contributed by atoms with E-state index in [0.29, 0.717) is 49.9 Å². The fourth-order valence-electron chi connectivity index (χ4n) is 7.45. The maximum Gasteiger partial charge on any atom is 0.180 e. The van der Waals surface area contributed by atoms with Crippen molar-refractivity contribution < 1.29 is 15.4 Å². The van der Waals surface area contributed by atoms with Gasteiger partial charge in [0.25, 0.3) is 0 Å². The molecule has 0 N–H and O–H groups in total. The highest BCUT2D eigenvalue weighted by Crippen LogP contribution is 2.38. The molecule has 0 aliphatic heterocycles. The average molecular weight is 661 g/mol. The second-order valence-corrected chi connectivity index (χ2v) is 12.5. The average Bonchev–Trinajstić information content (AvgIpc) is 3.94. The Morgan fingerprint density at radius 1 is 0.471 bits per heavy atom. The van der Waals surface area contributed by atoms with Gasteiger partial charge in [0.15, 0.2) is 5.58 Å². The summed E-state index contributed by atoms with van der Waals surface area (Å²) in [7, 11) is 0. The topological polar surface area (TPSA) is 48.8 Å². The summed E-state index contributed by atoms with van der Waals surface area (Å²) in [6.45, 7) is 0. The summed E-state index contributed by atoms with van der Waals surface area (Å²) in [6, 6.07) is 35.1. The predicted octanol–water partition coefficient (Wildman–Crippen LogP) is 11.9. The lowest BCUT2D eigenvalue weighted by Gasteiger charge is -2.10. The Morgan fingerprint density at radius 2 is 1.06 bits per heavy atom. The zero-order valence-corrected chi connectivity index (χ0v) is 26.7. The molecule has 0 saturated heterocycles. The van der Waals surface area contributed by atoms with Crippen LogP contribution in [-0.2, 0) is 0 Å². The van der Waals surface area contributed by atoms with Crippen molar-refractivity contribution in [3.8, 4) is 33.8 Å². The van der Waals surface area contributed by atoms with Gasteiger partial charge in [-0.3, -0.25) is 0 Å². The van der Waals surface area contributed by atoms with E-state index in [1.165, 1.54) is 6.33 Å². The van der Waals surface area contributed by atoms with Gasteiger partial charge in [-0.25, -0.2) is 9.97 Å². The molecule has 0 radical (unpaired) electrons. The molecular weight excluding hydrogens is 625 g/mol. The van der Waals surface area contributed by atoms with Gasteiger partial charge in [-0.2, -0.15) is 0 Å². The number of fused-ring (bicyclic) bond motifs is 9. The summed E-state index contributed by atoms with van der Waals surface area (Å²) in [4.78, 5) is 9.35. The first kappa shape index (κ1) is 21.2. The number of para-hydroxylation sites is 4. The minimum absolute atomic E-state index is 0.0694. The van der Waals surface area contributed by atoms with Crippen molar-refractivity contribution in [2.24, 2.45) is 0 Å². The van der Waals surface area contributed by atoms with E-state index >= 15 is 0 Å². The molecule has 238 valence electrons. The van der Waals surface area contributed by atoms with E-state index < -0.39 is 0 Å². The second kappa shape index (κ2) is 10.8. The van der Waals surface area contributed by atoms with Crippen LogP contribution in [0.25, 0.3) is 99.4 Å². The molecule has 0 fully saturated rings. The number of aromatic nitrogens is 4. The molecule has 7 aromatic carbocycles. The minimum Gasteiger partial charge on any atom is -0.452 e. The second-order valence-electron chi connectivity index (χ2n) is 12.5. The maximum atomic E-state index is 8.88. The third-order valence-corrected chi connectivity index (χ3v) is 9.68. The van der Waals surface area contributed by atoms with Crippen molar-refractivity contribution >= 4 is 65.7 Å². The van der Waals surface area contributed by atoms with E-state index in [4.69, 9.17) is 15.4 Å². The van der Waals surface area contributed by atoms with Crippen LogP contribution in [0.5, 0.6) is 0 Å². The number of nitrogens with zero attached hydrogens (tertiary/aromatic N) is 4. The van der Waals surface area contributed by atoms with E-state index in [0.717, 1.165) is 49.6 Å². The standard InChI is InChI=1S/C46H28N4O/c1-5-19-39-34(15-1)35-16-2-6-20-40(35)49(39)32-13-9-11-29(25-32)30-23-24-43-38(27-30)45-46(51-43)44(47-28-48-45)31-12-10-14-33(26-31)50-41-21-7-3-17-36(41)37-18-4-8-22-42(37)50/h1-28H/i1D,3D,5D,7D,15D,17D,19D,21D. The summed E-state index contributed by atoms with van der Waals surface area (Å²) >= 11 is 0. The van der Waals surface area contributed by atoms with Crippen molar-refractivity contribution in [1.82, 2.24) is 19.1 Å². The van der Waals surface area contributed by atoms with Crippen molar-refractivity contribution in [3.63, 3.8) is 0 Å². The lowest BCUT2D eigenvalue weighted by Crippen LogP contribution is -1.95. The van der Waals surface area contributed by atoms with Gasteiger partial charge >= 0.3 is 0 Å². The number of hydrogen-bond acceptors (Lipinski definition) is 3. The minimum atomic E-state index is -0.295. The molecule has 0 saturated carbocycles. The molecule has 51 heavy (non-hydrogen) atoms. The highest BCUT2D eigenvalue weighted by molar-refractivity contribution is 6.11. The Bertz CT molecular complexity index is 3630. The number of furan rings is 1. The molecular formula is C46H28N4O. The Morgan fingerprint density at radius 3 is 1.75 bits per heavy atom. The molecule has 5 nitrogen and oxygen atoms in total. The Balaban J connectivity index is 1.05. The van der Waals surface area contributed by atoms with Crippen LogP contribution < -0.4 is 0 Å². The molecule has 11 rings (SSSR count). The first-order valence-corrected chi connectivity index (χ1v) is 16.5. The van der Waals surface area contributed by atoms with Gasteiger partial charge in [0, 0.05) is 43.9 Å². The van der Waals surface area contributed by atoms with E-state index in [9.17, 15) is 0 Å². The SMILES string of the molecule is [2H]c1c([2H])c([2H])c2c(c1[2H])c1ccccc1n2-c1cccc(-c2ccc3oc4c(-c5cccc(-n6c7ccccc7c7c([2H])c([2H])c([2H])c([2H])c76)c5)ncnc4c3c2)c1. The highest BCUT2D eigenvalue weighted by atomic mass is 16.3. The monoisotopic (exact) mass is 660 g/mol. The van der Waals surface area contributed by atoms with Crippen LogP contribution in [0, 0.1) is 0 Å². The molecule has 0 atom stereocenters. The van der Waals surface area contributed by atoms with Gasteiger partial charge in [0.2, 0.25) is 0 Å². The van der Waals surface area contributed by atoms with Gasteiger partial charge in [-0.05, 0) is 71.7 Å². The van der Waals surface area contributed by atoms with Crippen molar-refractivity contribution in [3.05, 3.63) is 170 Å². The Labute approximate surface area is 303 Å². The summed E-state index contributed by atoms with van der Waals surface area (Å²) < 4.78 is 79.1. The first-order valence-electron chi connectivity index (χ1n) is 20.5. The van der Waals surface area contributed by atoms with E-state index in [1.807, 2.05) is 124 Å². The summed E-state index contributed by atoms with van der Waals surface area (Å²) in [5.41, 5.74) is 8.60. The third kappa shape index (κ3) is 4.15. The van der Waals surface area contributed by atoms with Crippen molar-refractivity contribution in [1.29, 1.82) is 0 Å². The molecule has 4 aromatic heterocycles. The van der Waals surface area contributed by atoms with Crippen LogP contribution in [0.4, 0.5) is 0 Å². The molecule has 0 aliphatic rings. The van der Waals surface area contributed by atoms with Crippen LogP contribution in [0.2, 0.25) is 0 Å². The van der Waals surface area contributed by atoms with E-state index in [-0.39, 0.29) is 48.3 Å². The fourth-order valence-corrected chi connectivity index (χ4v) is 7.45. The van der Waals surface area contributed by atoms with Crippen LogP contribution in [-0.4, -0.2) is 19.1 Å². The van der Waals surface area contributed by atoms with E-state index in [1.54, 1.807) is 0 Å². The smallest absolute Gasteiger partial charge is 0.180 e. The van der Waals surface area contributed by atoms with Crippen LogP contribution >= 0.6 is 0 Å². The lowest BCUT2D eigenvalue weighted by molar-refractivity contribution is 0.667. The molecule has 4 heterocycles. The first-order chi connectivity index (χ1) is 28.6. The van der Waals surface area contributed by atoms with Crippen LogP contribution in [0.15, 0.2) is 174 Å². The third-order valence-electron chi connectivity index (χ3n) is 9.68. The van der Waals surface area contributed by atoms with Crippen LogP contribution in [0.3, 0.4) is 0 Å². The maximum absolute atomic E-state index is 8.88. The van der Waals surface area contributed by atoms with Gasteiger partial charge in [-0.1, -0.05) is 103 Å². The quantitative estimate of drug-likeness (QED) is 0.189. The number of rotatable bonds is 4. The predicted molar refractivity (Wildman–Crippen MR) is 209 cm³/mol. The van der Waals surface area contributed by atoms with Crippen LogP contribution in [0.1, 0.15) is 11.0 Å². The largest absolute Gasteiger partial charge is 0.452 e. The number of benzene rings is 7. The molecule has 11 aromatic rings. The van der Waals surface area contributed by atoms with Gasteiger partial charge in [-0.15, -0.1) is 0 Å².